The molecule has 0 aliphatic carbocycles. The maximum absolute atomic E-state index is 12.5. The van der Waals surface area contributed by atoms with Crippen molar-refractivity contribution in [3.05, 3.63) is 58.8 Å². The Morgan fingerprint density at radius 2 is 1.43 bits per heavy atom. The standard InChI is InChI=1S/C25H27N3O6S/c1-4-34-17-9-7-16(8-10-17)26-23(29)11-12-24(30)27-18-14-21(33-3)19(15-20(18)32-2)28-25(31)22-6-5-13-35-22/h5-10,13-15H,4,11-12H2,1-3H3,(H,26,29)(H,27,30)(H,28,31). The molecule has 0 spiro atoms. The van der Waals surface area contributed by atoms with Crippen LogP contribution in [0.3, 0.4) is 0 Å². The maximum Gasteiger partial charge on any atom is 0.265 e. The smallest absolute Gasteiger partial charge is 0.265 e. The molecule has 3 aromatic rings. The minimum Gasteiger partial charge on any atom is -0.494 e. The van der Waals surface area contributed by atoms with E-state index < -0.39 is 0 Å². The summed E-state index contributed by atoms with van der Waals surface area (Å²) in [6.45, 7) is 2.45. The number of ether oxygens (including phenoxy) is 3. The van der Waals surface area contributed by atoms with Crippen molar-refractivity contribution in [2.24, 2.45) is 0 Å². The molecule has 3 amide bonds. The summed E-state index contributed by atoms with van der Waals surface area (Å²) in [5, 5.41) is 10.1. The van der Waals surface area contributed by atoms with Gasteiger partial charge in [0, 0.05) is 30.7 Å². The lowest BCUT2D eigenvalue weighted by Crippen LogP contribution is -2.18. The van der Waals surface area contributed by atoms with E-state index in [9.17, 15) is 14.4 Å². The summed E-state index contributed by atoms with van der Waals surface area (Å²) in [5.74, 6) is 0.448. The second-order valence-corrected chi connectivity index (χ2v) is 8.19. The molecule has 3 rings (SSSR count). The fraction of sp³-hybridized carbons (Fsp3) is 0.240. The predicted molar refractivity (Wildman–Crippen MR) is 136 cm³/mol. The van der Waals surface area contributed by atoms with E-state index in [4.69, 9.17) is 14.2 Å². The summed E-state index contributed by atoms with van der Waals surface area (Å²) < 4.78 is 16.1. The molecule has 0 atom stereocenters. The Hall–Kier alpha value is -4.05. The first-order valence-corrected chi connectivity index (χ1v) is 11.7. The second-order valence-electron chi connectivity index (χ2n) is 7.24. The number of hydrogen-bond acceptors (Lipinski definition) is 7. The number of methoxy groups -OCH3 is 2. The fourth-order valence-electron chi connectivity index (χ4n) is 3.15. The van der Waals surface area contributed by atoms with Gasteiger partial charge in [-0.15, -0.1) is 11.3 Å². The van der Waals surface area contributed by atoms with Gasteiger partial charge in [-0.25, -0.2) is 0 Å². The van der Waals surface area contributed by atoms with Crippen LogP contribution in [0.4, 0.5) is 17.1 Å². The van der Waals surface area contributed by atoms with Crippen molar-refractivity contribution in [2.45, 2.75) is 19.8 Å². The first-order chi connectivity index (χ1) is 16.9. The van der Waals surface area contributed by atoms with Gasteiger partial charge in [0.25, 0.3) is 5.91 Å². The van der Waals surface area contributed by atoms with Crippen LogP contribution in [0.1, 0.15) is 29.4 Å². The number of hydrogen-bond donors (Lipinski definition) is 3. The molecule has 0 bridgehead atoms. The predicted octanol–water partition coefficient (Wildman–Crippen LogP) is 4.77. The third-order valence-corrected chi connectivity index (χ3v) is 5.69. The summed E-state index contributed by atoms with van der Waals surface area (Å²) in [7, 11) is 2.91. The summed E-state index contributed by atoms with van der Waals surface area (Å²) in [4.78, 5) is 37.7. The van der Waals surface area contributed by atoms with E-state index in [0.717, 1.165) is 0 Å². The zero-order valence-electron chi connectivity index (χ0n) is 19.7. The molecule has 0 saturated carbocycles. The van der Waals surface area contributed by atoms with Crippen molar-refractivity contribution in [2.75, 3.05) is 36.8 Å². The van der Waals surface area contributed by atoms with Crippen molar-refractivity contribution in [1.82, 2.24) is 0 Å². The molecular formula is C25H27N3O6S. The van der Waals surface area contributed by atoms with E-state index in [2.05, 4.69) is 16.0 Å². The van der Waals surface area contributed by atoms with Gasteiger partial charge in [-0.1, -0.05) is 6.07 Å². The van der Waals surface area contributed by atoms with E-state index in [1.54, 1.807) is 48.5 Å². The quantitative estimate of drug-likeness (QED) is 0.351. The third kappa shape index (κ3) is 7.21. The normalized spacial score (nSPS) is 10.3. The number of amides is 3. The van der Waals surface area contributed by atoms with E-state index >= 15 is 0 Å². The highest BCUT2D eigenvalue weighted by Crippen LogP contribution is 2.37. The van der Waals surface area contributed by atoms with Crippen LogP contribution >= 0.6 is 11.3 Å². The average Bonchev–Trinajstić information content (AvgIpc) is 3.40. The minimum absolute atomic E-state index is 0.00650. The maximum atomic E-state index is 12.5. The van der Waals surface area contributed by atoms with Gasteiger partial charge in [0.1, 0.15) is 17.2 Å². The number of thiophene rings is 1. The summed E-state index contributed by atoms with van der Waals surface area (Å²) in [6, 6.07) is 13.6. The molecule has 0 radical (unpaired) electrons. The molecule has 9 nitrogen and oxygen atoms in total. The highest BCUT2D eigenvalue weighted by atomic mass is 32.1. The van der Waals surface area contributed by atoms with Gasteiger partial charge in [0.15, 0.2) is 0 Å². The van der Waals surface area contributed by atoms with Gasteiger partial charge in [0.05, 0.1) is 37.1 Å². The topological polar surface area (TPSA) is 115 Å². The zero-order valence-corrected chi connectivity index (χ0v) is 20.5. The Morgan fingerprint density at radius 3 is 1.97 bits per heavy atom. The zero-order chi connectivity index (χ0) is 25.2. The Balaban J connectivity index is 1.59. The Bertz CT molecular complexity index is 1160. The lowest BCUT2D eigenvalue weighted by atomic mass is 10.2. The van der Waals surface area contributed by atoms with E-state index in [0.29, 0.717) is 45.8 Å². The van der Waals surface area contributed by atoms with Crippen LogP contribution in [0.25, 0.3) is 0 Å². The molecule has 0 fully saturated rings. The first kappa shape index (κ1) is 25.6. The van der Waals surface area contributed by atoms with Crippen molar-refractivity contribution in [1.29, 1.82) is 0 Å². The highest BCUT2D eigenvalue weighted by Gasteiger charge is 2.17. The lowest BCUT2D eigenvalue weighted by molar-refractivity contribution is -0.121. The van der Waals surface area contributed by atoms with Crippen LogP contribution in [0.15, 0.2) is 53.9 Å². The Morgan fingerprint density at radius 1 is 0.829 bits per heavy atom. The molecule has 2 aromatic carbocycles. The van der Waals surface area contributed by atoms with Crippen molar-refractivity contribution < 1.29 is 28.6 Å². The van der Waals surface area contributed by atoms with Gasteiger partial charge in [-0.05, 0) is 42.6 Å². The van der Waals surface area contributed by atoms with E-state index in [-0.39, 0.29) is 30.6 Å². The minimum atomic E-state index is -0.373. The summed E-state index contributed by atoms with van der Waals surface area (Å²) >= 11 is 1.32. The molecule has 184 valence electrons. The number of carbonyl (C=O) groups excluding carboxylic acids is 3. The van der Waals surface area contributed by atoms with Crippen LogP contribution in [-0.4, -0.2) is 38.5 Å². The van der Waals surface area contributed by atoms with Gasteiger partial charge >= 0.3 is 0 Å². The molecular weight excluding hydrogens is 470 g/mol. The van der Waals surface area contributed by atoms with Crippen LogP contribution in [-0.2, 0) is 9.59 Å². The van der Waals surface area contributed by atoms with Crippen molar-refractivity contribution in [3.8, 4) is 17.2 Å². The molecule has 0 saturated heterocycles. The lowest BCUT2D eigenvalue weighted by Gasteiger charge is -2.16. The first-order valence-electron chi connectivity index (χ1n) is 10.9. The van der Waals surface area contributed by atoms with Crippen LogP contribution in [0.2, 0.25) is 0 Å². The molecule has 0 aliphatic heterocycles. The monoisotopic (exact) mass is 497 g/mol. The van der Waals surface area contributed by atoms with Gasteiger partial charge in [-0.3, -0.25) is 14.4 Å². The molecule has 1 aromatic heterocycles. The number of benzene rings is 2. The number of rotatable bonds is 11. The average molecular weight is 498 g/mol. The van der Waals surface area contributed by atoms with E-state index in [1.807, 2.05) is 12.3 Å². The van der Waals surface area contributed by atoms with Gasteiger partial charge in [-0.2, -0.15) is 0 Å². The Labute approximate surface area is 207 Å². The van der Waals surface area contributed by atoms with Crippen molar-refractivity contribution in [3.63, 3.8) is 0 Å². The third-order valence-electron chi connectivity index (χ3n) is 4.82. The summed E-state index contributed by atoms with van der Waals surface area (Å²) in [5.41, 5.74) is 1.37. The van der Waals surface area contributed by atoms with Crippen LogP contribution in [0.5, 0.6) is 17.2 Å². The van der Waals surface area contributed by atoms with E-state index in [1.165, 1.54) is 25.6 Å². The molecule has 3 N–H and O–H groups in total. The SMILES string of the molecule is CCOc1ccc(NC(=O)CCC(=O)Nc2cc(OC)c(NC(=O)c3cccs3)cc2OC)cc1. The molecule has 1 heterocycles. The van der Waals surface area contributed by atoms with Gasteiger partial charge in [0.2, 0.25) is 11.8 Å². The fourth-order valence-corrected chi connectivity index (χ4v) is 3.77. The van der Waals surface area contributed by atoms with Crippen molar-refractivity contribution >= 4 is 46.1 Å². The van der Waals surface area contributed by atoms with Crippen LogP contribution < -0.4 is 30.2 Å². The molecule has 0 aliphatic rings. The second kappa shape index (κ2) is 12.4. The largest absolute Gasteiger partial charge is 0.494 e. The number of nitrogens with one attached hydrogen (secondary N) is 3. The van der Waals surface area contributed by atoms with Crippen LogP contribution in [0, 0.1) is 0 Å². The summed E-state index contributed by atoms with van der Waals surface area (Å²) in [6.07, 6.45) is -0.0430. The highest BCUT2D eigenvalue weighted by molar-refractivity contribution is 7.12. The Kier molecular flexibility index (Phi) is 9.08. The molecule has 10 heteroatoms. The number of carbonyl (C=O) groups is 3. The molecule has 0 unspecified atom stereocenters. The van der Waals surface area contributed by atoms with Gasteiger partial charge < -0.3 is 30.2 Å². The number of anilines is 3. The molecule has 35 heavy (non-hydrogen) atoms.